The average molecular weight is 759 g/mol. The molecule has 0 atom stereocenters. The van der Waals surface area contributed by atoms with Crippen molar-refractivity contribution in [2.24, 2.45) is 0 Å². The minimum absolute atomic E-state index is 0.0255. The molecule has 4 aromatic heterocycles. The molecule has 0 spiro atoms. The zero-order valence-corrected chi connectivity index (χ0v) is 30.3. The lowest BCUT2D eigenvalue weighted by Crippen LogP contribution is -2.00. The summed E-state index contributed by atoms with van der Waals surface area (Å²) in [7, 11) is 0. The zero-order valence-electron chi connectivity index (χ0n) is 41.5. The maximum atomic E-state index is 9.51. The molecule has 6 heteroatoms. The molecule has 0 N–H and O–H groups in total. The molecule has 0 fully saturated rings. The highest BCUT2D eigenvalue weighted by Crippen LogP contribution is 2.44. The number of hydrogen-bond donors (Lipinski definition) is 0. The minimum Gasteiger partial charge on any atom is -0.454 e. The van der Waals surface area contributed by atoms with Crippen LogP contribution in [0.15, 0.2) is 186 Å². The molecule has 0 bridgehead atoms. The Morgan fingerprint density at radius 3 is 2.05 bits per heavy atom. The van der Waals surface area contributed by atoms with Gasteiger partial charge < -0.3 is 8.98 Å². The number of aromatic nitrogens is 4. The Labute approximate surface area is 347 Å². The highest BCUT2D eigenvalue weighted by molar-refractivity contribution is 7.26. The van der Waals surface area contributed by atoms with Crippen LogP contribution < -0.4 is 0 Å². The first-order valence-corrected chi connectivity index (χ1v) is 18.9. The molecule has 0 unspecified atom stereocenters. The van der Waals surface area contributed by atoms with E-state index in [1.807, 2.05) is 66.7 Å². The largest absolute Gasteiger partial charge is 0.454 e. The number of hydrogen-bond acceptors (Lipinski definition) is 5. The van der Waals surface area contributed by atoms with Gasteiger partial charge in [0, 0.05) is 58.4 Å². The number of furan rings is 1. The molecule has 5 nitrogen and oxygen atoms in total. The van der Waals surface area contributed by atoms with E-state index in [0.29, 0.717) is 17.2 Å². The van der Waals surface area contributed by atoms with Crippen LogP contribution in [0.4, 0.5) is 0 Å². The monoisotopic (exact) mass is 758 g/mol. The Morgan fingerprint density at radius 2 is 1.19 bits per heavy atom. The number of nitrogens with zero attached hydrogens (tertiary/aromatic N) is 4. The van der Waals surface area contributed by atoms with Crippen molar-refractivity contribution in [3.8, 4) is 51.0 Å². The first-order valence-electron chi connectivity index (χ1n) is 24.0. The highest BCUT2D eigenvalue weighted by Gasteiger charge is 2.21. The third-order valence-corrected chi connectivity index (χ3v) is 11.4. The summed E-state index contributed by atoms with van der Waals surface area (Å²) in [6.07, 6.45) is 0. The van der Waals surface area contributed by atoms with Crippen molar-refractivity contribution >= 4 is 75.3 Å². The number of fused-ring (bicyclic) bond motifs is 9. The molecule has 0 saturated heterocycles. The fraction of sp³-hybridized carbons (Fsp3) is 0. The van der Waals surface area contributed by atoms with E-state index in [4.69, 9.17) is 31.7 Å². The fourth-order valence-electron chi connectivity index (χ4n) is 7.67. The van der Waals surface area contributed by atoms with Crippen molar-refractivity contribution < 1.29 is 20.9 Å². The average Bonchev–Trinajstić information content (AvgIpc) is 4.06. The summed E-state index contributed by atoms with van der Waals surface area (Å²) in [5.74, 6) is 0.666. The summed E-state index contributed by atoms with van der Waals surface area (Å²) in [5.41, 5.74) is 2.91. The van der Waals surface area contributed by atoms with E-state index < -0.39 is 66.5 Å². The van der Waals surface area contributed by atoms with Gasteiger partial charge in [-0.3, -0.25) is 0 Å². The molecule has 0 amide bonds. The van der Waals surface area contributed by atoms with Crippen LogP contribution in [-0.2, 0) is 0 Å². The summed E-state index contributed by atoms with van der Waals surface area (Å²) < 4.78 is 117. The van der Waals surface area contributed by atoms with Crippen LogP contribution in [0.25, 0.3) is 115 Å². The van der Waals surface area contributed by atoms with Gasteiger partial charge >= 0.3 is 0 Å². The molecule has 12 rings (SSSR count). The van der Waals surface area contributed by atoms with E-state index in [1.165, 1.54) is 16.7 Å². The maximum absolute atomic E-state index is 9.51. The van der Waals surface area contributed by atoms with Gasteiger partial charge in [-0.1, -0.05) is 139 Å². The molecule has 0 saturated carbocycles. The standard InChI is InChI=1S/C51H30N4OS/c1-3-14-31(15-4-1)34-20-13-27-45-46(34)39-22-11-23-40(48(39)57-45)51-53-49(32-16-5-2-6-17-32)52-50(54-51)33-28-29-37-38-21-12-26-43(47(38)56-44(37)30-33)55-41-24-9-7-18-35(41)36-19-8-10-25-42(36)55/h1-30H/i7D,8D,9D,10D,12D,18D,19D,21D,24D,26D,28D,29D. The van der Waals surface area contributed by atoms with E-state index in [2.05, 4.69) is 30.3 Å². The Hall–Kier alpha value is -7.41. The summed E-state index contributed by atoms with van der Waals surface area (Å²) in [4.78, 5) is 14.9. The predicted molar refractivity (Wildman–Crippen MR) is 236 cm³/mol. The first kappa shape index (κ1) is 22.2. The van der Waals surface area contributed by atoms with Crippen molar-refractivity contribution in [1.82, 2.24) is 19.5 Å². The SMILES string of the molecule is [2H]c1cc2c(c([2H])c1[2H])c1c([2H])c([2H])c([2H])c([2H])c1n2-c1c([2H])c([2H])c([2H])c2c1oc1cc(-c3nc(-c4ccccc4)nc(-c4cccc5c4sc4cccc(-c6ccccc6)c45)n3)c([2H])c([2H])c12. The fourth-order valence-corrected chi connectivity index (χ4v) is 8.91. The normalized spacial score (nSPS) is 14.8. The number of rotatable bonds is 5. The second kappa shape index (κ2) is 12.6. The van der Waals surface area contributed by atoms with Crippen LogP contribution in [0.2, 0.25) is 0 Å². The molecule has 12 aromatic rings. The molecular formula is C51H30N4OS. The second-order valence-corrected chi connectivity index (χ2v) is 14.5. The van der Waals surface area contributed by atoms with Gasteiger partial charge in [-0.2, -0.15) is 0 Å². The summed E-state index contributed by atoms with van der Waals surface area (Å²) in [6, 6.07) is 28.3. The van der Waals surface area contributed by atoms with Crippen LogP contribution in [0.1, 0.15) is 16.4 Å². The van der Waals surface area contributed by atoms with Crippen LogP contribution in [-0.4, -0.2) is 19.5 Å². The van der Waals surface area contributed by atoms with E-state index >= 15 is 0 Å². The third kappa shape index (κ3) is 4.98. The minimum atomic E-state index is -0.625. The van der Waals surface area contributed by atoms with Gasteiger partial charge in [-0.15, -0.1) is 11.3 Å². The molecule has 0 radical (unpaired) electrons. The molecular weight excluding hydrogens is 717 g/mol. The molecule has 8 aromatic carbocycles. The van der Waals surface area contributed by atoms with Crippen LogP contribution in [0.3, 0.4) is 0 Å². The van der Waals surface area contributed by atoms with Gasteiger partial charge in [-0.05, 0) is 53.5 Å². The van der Waals surface area contributed by atoms with E-state index in [-0.39, 0.29) is 66.9 Å². The second-order valence-electron chi connectivity index (χ2n) is 13.4. The van der Waals surface area contributed by atoms with Crippen molar-refractivity contribution in [1.29, 1.82) is 0 Å². The number of para-hydroxylation sites is 3. The topological polar surface area (TPSA) is 56.7 Å². The summed E-state index contributed by atoms with van der Waals surface area (Å²) in [6.45, 7) is 0. The molecule has 0 aliphatic rings. The van der Waals surface area contributed by atoms with E-state index in [1.54, 1.807) is 11.3 Å². The maximum Gasteiger partial charge on any atom is 0.165 e. The Morgan fingerprint density at radius 1 is 0.491 bits per heavy atom. The van der Waals surface area contributed by atoms with Gasteiger partial charge in [0.15, 0.2) is 23.1 Å². The van der Waals surface area contributed by atoms with E-state index in [9.17, 15) is 4.11 Å². The highest BCUT2D eigenvalue weighted by atomic mass is 32.1. The molecule has 0 aliphatic heterocycles. The van der Waals surface area contributed by atoms with Gasteiger partial charge in [0.1, 0.15) is 5.58 Å². The first-order chi connectivity index (χ1) is 33.2. The van der Waals surface area contributed by atoms with Gasteiger partial charge in [0.05, 0.1) is 33.2 Å². The Bertz CT molecular complexity index is 4230. The van der Waals surface area contributed by atoms with Crippen molar-refractivity contribution in [2.75, 3.05) is 0 Å². The summed E-state index contributed by atoms with van der Waals surface area (Å²) in [5, 5.41) is 1.74. The van der Waals surface area contributed by atoms with Crippen LogP contribution >= 0.6 is 11.3 Å². The lowest BCUT2D eigenvalue weighted by Gasteiger charge is -2.09. The molecule has 266 valence electrons. The number of thiophene rings is 1. The quantitative estimate of drug-likeness (QED) is 0.175. The van der Waals surface area contributed by atoms with Gasteiger partial charge in [-0.25, -0.2) is 15.0 Å². The predicted octanol–water partition coefficient (Wildman–Crippen LogP) is 13.9. The van der Waals surface area contributed by atoms with Crippen molar-refractivity contribution in [3.63, 3.8) is 0 Å². The zero-order chi connectivity index (χ0) is 47.9. The van der Waals surface area contributed by atoms with Gasteiger partial charge in [0.2, 0.25) is 0 Å². The van der Waals surface area contributed by atoms with Crippen molar-refractivity contribution in [3.05, 3.63) is 182 Å². The lowest BCUT2D eigenvalue weighted by atomic mass is 9.99. The Kier molecular flexibility index (Phi) is 4.90. The van der Waals surface area contributed by atoms with E-state index in [0.717, 1.165) is 36.9 Å². The van der Waals surface area contributed by atoms with Crippen LogP contribution in [0.5, 0.6) is 0 Å². The van der Waals surface area contributed by atoms with Crippen LogP contribution in [0, 0.1) is 0 Å². The molecule has 57 heavy (non-hydrogen) atoms. The molecule has 0 aliphatic carbocycles. The van der Waals surface area contributed by atoms with Gasteiger partial charge in [0.25, 0.3) is 0 Å². The lowest BCUT2D eigenvalue weighted by molar-refractivity contribution is 0.666. The molecule has 4 heterocycles. The van der Waals surface area contributed by atoms with Crippen molar-refractivity contribution in [2.45, 2.75) is 0 Å². The number of benzene rings is 8. The Balaban J connectivity index is 1.14. The third-order valence-electron chi connectivity index (χ3n) is 10.2. The summed E-state index contributed by atoms with van der Waals surface area (Å²) >= 11 is 1.61. The smallest absolute Gasteiger partial charge is 0.165 e.